The molecule has 0 saturated heterocycles. The van der Waals surface area contributed by atoms with Crippen molar-refractivity contribution >= 4 is 22.9 Å². The smallest absolute Gasteiger partial charge is 0.103 e. The minimum absolute atomic E-state index is 0.427. The van der Waals surface area contributed by atoms with Gasteiger partial charge in [-0.2, -0.15) is 5.10 Å². The van der Waals surface area contributed by atoms with E-state index in [1.54, 1.807) is 0 Å². The van der Waals surface area contributed by atoms with Crippen LogP contribution in [0.15, 0.2) is 36.5 Å². The van der Waals surface area contributed by atoms with E-state index < -0.39 is 0 Å². The zero-order valence-electron chi connectivity index (χ0n) is 10.3. The molecule has 0 saturated carbocycles. The fourth-order valence-electron chi connectivity index (χ4n) is 1.73. The second-order valence-corrected chi connectivity index (χ2v) is 4.50. The summed E-state index contributed by atoms with van der Waals surface area (Å²) in [5, 5.41) is 7.49. The predicted octanol–water partition coefficient (Wildman–Crippen LogP) is 1.71. The maximum atomic E-state index is 5.55. The number of hydrogen-bond acceptors (Lipinski definition) is 3. The summed E-state index contributed by atoms with van der Waals surface area (Å²) < 4.78 is 1.89. The van der Waals surface area contributed by atoms with Crippen LogP contribution in [0.25, 0.3) is 0 Å². The van der Waals surface area contributed by atoms with E-state index in [9.17, 15) is 0 Å². The number of hydrogen-bond donors (Lipinski definition) is 2. The van der Waals surface area contributed by atoms with Gasteiger partial charge in [-0.05, 0) is 30.3 Å². The monoisotopic (exact) mass is 260 g/mol. The summed E-state index contributed by atoms with van der Waals surface area (Å²) in [6.45, 7) is 0.867. The van der Waals surface area contributed by atoms with Crippen LogP contribution in [0.3, 0.4) is 0 Å². The summed E-state index contributed by atoms with van der Waals surface area (Å²) >= 11 is 4.91. The first-order valence-corrected chi connectivity index (χ1v) is 6.18. The number of anilines is 1. The predicted molar refractivity (Wildman–Crippen MR) is 77.7 cm³/mol. The summed E-state index contributed by atoms with van der Waals surface area (Å²) in [5.74, 6) is 0. The van der Waals surface area contributed by atoms with E-state index in [0.717, 1.165) is 24.2 Å². The number of thiocarbonyl (C=S) groups is 1. The van der Waals surface area contributed by atoms with Crippen LogP contribution in [0.4, 0.5) is 5.69 Å². The Balaban J connectivity index is 1.87. The second kappa shape index (κ2) is 5.64. The first-order valence-electron chi connectivity index (χ1n) is 5.77. The van der Waals surface area contributed by atoms with E-state index in [-0.39, 0.29) is 0 Å². The molecular formula is C13H16N4S. The zero-order chi connectivity index (χ0) is 13.0. The Morgan fingerprint density at radius 1 is 1.33 bits per heavy atom. The van der Waals surface area contributed by atoms with Gasteiger partial charge in [0.25, 0.3) is 0 Å². The molecule has 2 aromatic rings. The van der Waals surface area contributed by atoms with Crippen molar-refractivity contribution in [2.45, 2.75) is 6.42 Å². The molecule has 0 radical (unpaired) electrons. The van der Waals surface area contributed by atoms with Crippen LogP contribution < -0.4 is 11.1 Å². The zero-order valence-corrected chi connectivity index (χ0v) is 11.1. The van der Waals surface area contributed by atoms with Crippen molar-refractivity contribution in [1.29, 1.82) is 0 Å². The highest BCUT2D eigenvalue weighted by Gasteiger charge is 1.99. The van der Waals surface area contributed by atoms with E-state index in [0.29, 0.717) is 4.99 Å². The van der Waals surface area contributed by atoms with Crippen LogP contribution in [0.5, 0.6) is 0 Å². The van der Waals surface area contributed by atoms with E-state index in [1.807, 2.05) is 48.3 Å². The maximum absolute atomic E-state index is 5.55. The van der Waals surface area contributed by atoms with Crippen molar-refractivity contribution in [2.75, 3.05) is 11.9 Å². The van der Waals surface area contributed by atoms with E-state index in [2.05, 4.69) is 10.4 Å². The van der Waals surface area contributed by atoms with Crippen molar-refractivity contribution in [3.8, 4) is 0 Å². The number of benzene rings is 1. The van der Waals surface area contributed by atoms with E-state index in [1.165, 1.54) is 5.69 Å². The van der Waals surface area contributed by atoms with Gasteiger partial charge in [0.05, 0.1) is 0 Å². The molecule has 1 heterocycles. The summed E-state index contributed by atoms with van der Waals surface area (Å²) in [6.07, 6.45) is 2.75. The third-order valence-electron chi connectivity index (χ3n) is 2.80. The maximum Gasteiger partial charge on any atom is 0.103 e. The second-order valence-electron chi connectivity index (χ2n) is 4.06. The molecule has 1 aromatic heterocycles. The lowest BCUT2D eigenvalue weighted by atomic mass is 10.2. The minimum Gasteiger partial charge on any atom is -0.389 e. The number of aryl methyl sites for hydroxylation is 1. The molecule has 0 bridgehead atoms. The normalized spacial score (nSPS) is 10.3. The lowest BCUT2D eigenvalue weighted by Gasteiger charge is -2.07. The molecule has 18 heavy (non-hydrogen) atoms. The highest BCUT2D eigenvalue weighted by Crippen LogP contribution is 2.09. The number of aromatic nitrogens is 2. The fraction of sp³-hybridized carbons (Fsp3) is 0.231. The molecule has 0 amide bonds. The Labute approximate surface area is 112 Å². The third-order valence-corrected chi connectivity index (χ3v) is 3.04. The van der Waals surface area contributed by atoms with E-state index in [4.69, 9.17) is 18.0 Å². The summed E-state index contributed by atoms with van der Waals surface area (Å²) in [4.78, 5) is 0.427. The Morgan fingerprint density at radius 2 is 2.06 bits per heavy atom. The van der Waals surface area contributed by atoms with Gasteiger partial charge < -0.3 is 11.1 Å². The average molecular weight is 260 g/mol. The van der Waals surface area contributed by atoms with Gasteiger partial charge in [-0.1, -0.05) is 12.2 Å². The third kappa shape index (κ3) is 3.07. The molecule has 0 spiro atoms. The van der Waals surface area contributed by atoms with Crippen molar-refractivity contribution in [3.05, 3.63) is 47.8 Å². The average Bonchev–Trinajstić information content (AvgIpc) is 2.76. The lowest BCUT2D eigenvalue weighted by molar-refractivity contribution is 0.711. The summed E-state index contributed by atoms with van der Waals surface area (Å²) in [5.41, 5.74) is 8.71. The number of nitrogens with one attached hydrogen (secondary N) is 1. The topological polar surface area (TPSA) is 55.9 Å². The summed E-state index contributed by atoms with van der Waals surface area (Å²) in [6, 6.07) is 9.84. The number of nitrogens with zero attached hydrogens (tertiary/aromatic N) is 2. The van der Waals surface area contributed by atoms with Crippen LogP contribution in [0.1, 0.15) is 11.3 Å². The fourth-order valence-corrected chi connectivity index (χ4v) is 1.87. The number of nitrogens with two attached hydrogens (primary N) is 1. The van der Waals surface area contributed by atoms with E-state index >= 15 is 0 Å². The van der Waals surface area contributed by atoms with Gasteiger partial charge in [0.2, 0.25) is 0 Å². The largest absolute Gasteiger partial charge is 0.389 e. The molecule has 1 aromatic carbocycles. The van der Waals surface area contributed by atoms with Crippen molar-refractivity contribution < 1.29 is 0 Å². The van der Waals surface area contributed by atoms with Gasteiger partial charge in [-0.15, -0.1) is 0 Å². The summed E-state index contributed by atoms with van der Waals surface area (Å²) in [7, 11) is 1.95. The Kier molecular flexibility index (Phi) is 3.94. The molecule has 3 N–H and O–H groups in total. The molecular weight excluding hydrogens is 244 g/mol. The van der Waals surface area contributed by atoms with Gasteiger partial charge in [0.1, 0.15) is 4.99 Å². The highest BCUT2D eigenvalue weighted by atomic mass is 32.1. The minimum atomic E-state index is 0.427. The molecule has 0 unspecified atom stereocenters. The van der Waals surface area contributed by atoms with Gasteiger partial charge in [0, 0.05) is 43.2 Å². The Bertz CT molecular complexity index is 530. The molecule has 2 rings (SSSR count). The van der Waals surface area contributed by atoms with Crippen LogP contribution in [-0.4, -0.2) is 21.3 Å². The van der Waals surface area contributed by atoms with Crippen LogP contribution >= 0.6 is 12.2 Å². The van der Waals surface area contributed by atoms with Gasteiger partial charge >= 0.3 is 0 Å². The molecule has 5 heteroatoms. The molecule has 0 atom stereocenters. The van der Waals surface area contributed by atoms with Crippen LogP contribution in [0.2, 0.25) is 0 Å². The molecule has 94 valence electrons. The lowest BCUT2D eigenvalue weighted by Crippen LogP contribution is -2.10. The SMILES string of the molecule is Cn1nccc1CCNc1ccc(C(N)=S)cc1. The number of rotatable bonds is 5. The van der Waals surface area contributed by atoms with Crippen LogP contribution in [-0.2, 0) is 13.5 Å². The van der Waals surface area contributed by atoms with Crippen molar-refractivity contribution in [3.63, 3.8) is 0 Å². The first-order chi connectivity index (χ1) is 8.66. The quantitative estimate of drug-likeness (QED) is 0.804. The molecule has 0 aliphatic rings. The molecule has 0 aliphatic heterocycles. The Morgan fingerprint density at radius 3 is 2.61 bits per heavy atom. The highest BCUT2D eigenvalue weighted by molar-refractivity contribution is 7.80. The van der Waals surface area contributed by atoms with Gasteiger partial charge in [-0.3, -0.25) is 4.68 Å². The molecule has 0 fully saturated rings. The van der Waals surface area contributed by atoms with Crippen LogP contribution in [0, 0.1) is 0 Å². The van der Waals surface area contributed by atoms with Gasteiger partial charge in [-0.25, -0.2) is 0 Å². The standard InChI is InChI=1S/C13H16N4S/c1-17-12(7-9-16-17)6-8-15-11-4-2-10(3-5-11)13(14)18/h2-5,7,9,15H,6,8H2,1H3,(H2,14,18). The Hall–Kier alpha value is -1.88. The molecule has 4 nitrogen and oxygen atoms in total. The van der Waals surface area contributed by atoms with Crippen molar-refractivity contribution in [1.82, 2.24) is 9.78 Å². The first kappa shape index (κ1) is 12.6. The molecule has 0 aliphatic carbocycles. The van der Waals surface area contributed by atoms with Gasteiger partial charge in [0.15, 0.2) is 0 Å². The van der Waals surface area contributed by atoms with Crippen molar-refractivity contribution in [2.24, 2.45) is 12.8 Å².